The first-order chi connectivity index (χ1) is 8.08. The zero-order valence-corrected chi connectivity index (χ0v) is 11.2. The van der Waals surface area contributed by atoms with Crippen LogP contribution in [0.1, 0.15) is 23.2 Å². The molecular weight excluding hydrogens is 260 g/mol. The first kappa shape index (κ1) is 14.1. The second-order valence-corrected chi connectivity index (χ2v) is 4.63. The van der Waals surface area contributed by atoms with Crippen molar-refractivity contribution in [3.05, 3.63) is 28.8 Å². The van der Waals surface area contributed by atoms with Gasteiger partial charge in [0.05, 0.1) is 13.5 Å². The maximum absolute atomic E-state index is 11.9. The minimum Gasteiger partial charge on any atom is -0.469 e. The summed E-state index contributed by atoms with van der Waals surface area (Å²) in [4.78, 5) is 23.7. The van der Waals surface area contributed by atoms with E-state index in [-0.39, 0.29) is 24.6 Å². The number of ketones is 1. The molecule has 0 aliphatic heterocycles. The SMILES string of the molecule is COC(=O)CCC(=O)c1cc(Cl)ccc1SC. The van der Waals surface area contributed by atoms with Crippen LogP contribution in [0.2, 0.25) is 5.02 Å². The van der Waals surface area contributed by atoms with Gasteiger partial charge in [0.15, 0.2) is 5.78 Å². The largest absolute Gasteiger partial charge is 0.469 e. The number of carbonyl (C=O) groups excluding carboxylic acids is 2. The summed E-state index contributed by atoms with van der Waals surface area (Å²) >= 11 is 7.33. The second-order valence-electron chi connectivity index (χ2n) is 3.34. The fourth-order valence-corrected chi connectivity index (χ4v) is 2.12. The van der Waals surface area contributed by atoms with Crippen molar-refractivity contribution in [3.8, 4) is 0 Å². The number of halogens is 1. The molecule has 0 fully saturated rings. The highest BCUT2D eigenvalue weighted by Crippen LogP contribution is 2.25. The van der Waals surface area contributed by atoms with Crippen molar-refractivity contribution < 1.29 is 14.3 Å². The number of Topliss-reactive ketones (excluding diaryl/α,β-unsaturated/α-hetero) is 1. The number of ether oxygens (including phenoxy) is 1. The number of hydrogen-bond acceptors (Lipinski definition) is 4. The number of benzene rings is 1. The zero-order chi connectivity index (χ0) is 12.8. The summed E-state index contributed by atoms with van der Waals surface area (Å²) in [6, 6.07) is 5.18. The molecule has 0 bridgehead atoms. The summed E-state index contributed by atoms with van der Waals surface area (Å²) in [6.45, 7) is 0. The standard InChI is InChI=1S/C12H13ClO3S/c1-16-12(15)6-4-10(14)9-7-8(13)3-5-11(9)17-2/h3,5,7H,4,6H2,1-2H3. The predicted molar refractivity (Wildman–Crippen MR) is 68.8 cm³/mol. The quantitative estimate of drug-likeness (QED) is 0.469. The van der Waals surface area contributed by atoms with Gasteiger partial charge in [0.2, 0.25) is 0 Å². The average molecular weight is 273 g/mol. The van der Waals surface area contributed by atoms with E-state index in [0.29, 0.717) is 10.6 Å². The molecule has 0 amide bonds. The molecule has 5 heteroatoms. The summed E-state index contributed by atoms with van der Waals surface area (Å²) in [7, 11) is 1.31. The van der Waals surface area contributed by atoms with Crippen LogP contribution in [0.3, 0.4) is 0 Å². The van der Waals surface area contributed by atoms with Crippen molar-refractivity contribution in [3.63, 3.8) is 0 Å². The first-order valence-corrected chi connectivity index (χ1v) is 6.62. The fraction of sp³-hybridized carbons (Fsp3) is 0.333. The van der Waals surface area contributed by atoms with Crippen molar-refractivity contribution in [2.24, 2.45) is 0 Å². The number of hydrogen-bond donors (Lipinski definition) is 0. The average Bonchev–Trinajstić information content (AvgIpc) is 2.35. The summed E-state index contributed by atoms with van der Waals surface area (Å²) in [5.74, 6) is -0.478. The molecule has 3 nitrogen and oxygen atoms in total. The Bertz CT molecular complexity index is 432. The van der Waals surface area contributed by atoms with E-state index in [1.807, 2.05) is 6.26 Å². The highest BCUT2D eigenvalue weighted by atomic mass is 35.5. The normalized spacial score (nSPS) is 10.1. The second kappa shape index (κ2) is 6.67. The molecule has 0 saturated heterocycles. The van der Waals surface area contributed by atoms with Gasteiger partial charge in [-0.2, -0.15) is 0 Å². The van der Waals surface area contributed by atoms with Crippen LogP contribution in [0.25, 0.3) is 0 Å². The number of carbonyl (C=O) groups is 2. The number of thioether (sulfide) groups is 1. The predicted octanol–water partition coefficient (Wildman–Crippen LogP) is 3.20. The van der Waals surface area contributed by atoms with Crippen LogP contribution in [0.5, 0.6) is 0 Å². The molecule has 0 aliphatic rings. The van der Waals surface area contributed by atoms with Gasteiger partial charge in [0, 0.05) is 21.9 Å². The van der Waals surface area contributed by atoms with Crippen molar-refractivity contribution in [2.75, 3.05) is 13.4 Å². The molecule has 0 radical (unpaired) electrons. The third-order valence-electron chi connectivity index (χ3n) is 2.25. The molecule has 0 atom stereocenters. The smallest absolute Gasteiger partial charge is 0.305 e. The van der Waals surface area contributed by atoms with Gasteiger partial charge in [0.25, 0.3) is 0 Å². The van der Waals surface area contributed by atoms with Crippen molar-refractivity contribution >= 4 is 35.1 Å². The molecule has 0 unspecified atom stereocenters. The van der Waals surface area contributed by atoms with Crippen molar-refractivity contribution in [1.29, 1.82) is 0 Å². The Kier molecular flexibility index (Phi) is 5.51. The Morgan fingerprint density at radius 3 is 2.65 bits per heavy atom. The first-order valence-electron chi connectivity index (χ1n) is 5.02. The molecule has 0 aliphatic carbocycles. The summed E-state index contributed by atoms with van der Waals surface area (Å²) < 4.78 is 4.49. The van der Waals surface area contributed by atoms with Crippen LogP contribution in [-0.2, 0) is 9.53 Å². The van der Waals surface area contributed by atoms with E-state index < -0.39 is 0 Å². The third-order valence-corrected chi connectivity index (χ3v) is 3.28. The molecule has 17 heavy (non-hydrogen) atoms. The zero-order valence-electron chi connectivity index (χ0n) is 9.66. The lowest BCUT2D eigenvalue weighted by molar-refractivity contribution is -0.140. The van der Waals surface area contributed by atoms with Crippen LogP contribution >= 0.6 is 23.4 Å². The molecular formula is C12H13ClO3S. The number of methoxy groups -OCH3 is 1. The molecule has 0 N–H and O–H groups in total. The molecule has 1 aromatic rings. The number of esters is 1. The lowest BCUT2D eigenvalue weighted by atomic mass is 10.1. The van der Waals surface area contributed by atoms with Crippen LogP contribution in [-0.4, -0.2) is 25.1 Å². The van der Waals surface area contributed by atoms with E-state index >= 15 is 0 Å². The topological polar surface area (TPSA) is 43.4 Å². The monoisotopic (exact) mass is 272 g/mol. The highest BCUT2D eigenvalue weighted by Gasteiger charge is 2.13. The van der Waals surface area contributed by atoms with Gasteiger partial charge in [0.1, 0.15) is 0 Å². The van der Waals surface area contributed by atoms with Crippen molar-refractivity contribution in [2.45, 2.75) is 17.7 Å². The lowest BCUT2D eigenvalue weighted by Crippen LogP contribution is -2.07. The minimum absolute atomic E-state index is 0.0929. The van der Waals surface area contributed by atoms with Gasteiger partial charge >= 0.3 is 5.97 Å². The van der Waals surface area contributed by atoms with E-state index in [1.165, 1.54) is 18.9 Å². The van der Waals surface area contributed by atoms with Gasteiger partial charge in [-0.05, 0) is 24.5 Å². The molecule has 0 heterocycles. The van der Waals surface area contributed by atoms with Gasteiger partial charge in [-0.15, -0.1) is 11.8 Å². The Balaban J connectivity index is 2.80. The van der Waals surface area contributed by atoms with Crippen LogP contribution in [0.4, 0.5) is 0 Å². The molecule has 92 valence electrons. The maximum Gasteiger partial charge on any atom is 0.305 e. The molecule has 0 saturated carbocycles. The fourth-order valence-electron chi connectivity index (χ4n) is 1.35. The van der Waals surface area contributed by atoms with E-state index in [4.69, 9.17) is 11.6 Å². The molecule has 1 rings (SSSR count). The van der Waals surface area contributed by atoms with Gasteiger partial charge in [-0.1, -0.05) is 11.6 Å². The van der Waals surface area contributed by atoms with E-state index in [2.05, 4.69) is 4.74 Å². The van der Waals surface area contributed by atoms with Crippen LogP contribution in [0, 0.1) is 0 Å². The van der Waals surface area contributed by atoms with E-state index in [9.17, 15) is 9.59 Å². The minimum atomic E-state index is -0.383. The molecule has 0 aromatic heterocycles. The lowest BCUT2D eigenvalue weighted by Gasteiger charge is -2.06. The van der Waals surface area contributed by atoms with Gasteiger partial charge in [-0.25, -0.2) is 0 Å². The van der Waals surface area contributed by atoms with Gasteiger partial charge in [-0.3, -0.25) is 9.59 Å². The Morgan fingerprint density at radius 1 is 1.35 bits per heavy atom. The Hall–Kier alpha value is -1.000. The van der Waals surface area contributed by atoms with Crippen molar-refractivity contribution in [1.82, 2.24) is 0 Å². The van der Waals surface area contributed by atoms with Crippen LogP contribution in [0.15, 0.2) is 23.1 Å². The summed E-state index contributed by atoms with van der Waals surface area (Å²) in [5, 5.41) is 0.518. The third kappa shape index (κ3) is 4.06. The Morgan fingerprint density at radius 2 is 2.06 bits per heavy atom. The molecule has 1 aromatic carbocycles. The molecule has 0 spiro atoms. The van der Waals surface area contributed by atoms with E-state index in [0.717, 1.165) is 4.90 Å². The van der Waals surface area contributed by atoms with Crippen LogP contribution < -0.4 is 0 Å². The highest BCUT2D eigenvalue weighted by molar-refractivity contribution is 7.98. The number of rotatable bonds is 5. The maximum atomic E-state index is 11.9. The van der Waals surface area contributed by atoms with Gasteiger partial charge < -0.3 is 4.74 Å². The summed E-state index contributed by atoms with van der Waals surface area (Å²) in [6.07, 6.45) is 2.12. The summed E-state index contributed by atoms with van der Waals surface area (Å²) in [5.41, 5.74) is 0.564. The van der Waals surface area contributed by atoms with E-state index in [1.54, 1.807) is 18.2 Å². The Labute approximate surface area is 109 Å².